The molecule has 0 spiro atoms. The van der Waals surface area contributed by atoms with Crippen LogP contribution in [-0.2, 0) is 11.3 Å². The van der Waals surface area contributed by atoms with Crippen LogP contribution in [0.1, 0.15) is 37.7 Å². The van der Waals surface area contributed by atoms with Gasteiger partial charge in [-0.05, 0) is 43.6 Å². The van der Waals surface area contributed by atoms with Crippen molar-refractivity contribution in [3.63, 3.8) is 0 Å². The fourth-order valence-electron chi connectivity index (χ4n) is 3.62. The Morgan fingerprint density at radius 3 is 2.86 bits per heavy atom. The van der Waals surface area contributed by atoms with E-state index in [0.29, 0.717) is 18.9 Å². The Bertz CT molecular complexity index is 476. The lowest BCUT2D eigenvalue weighted by Gasteiger charge is -2.44. The van der Waals surface area contributed by atoms with Crippen molar-refractivity contribution in [2.24, 2.45) is 5.92 Å². The Hall–Kier alpha value is -1.55. The van der Waals surface area contributed by atoms with Crippen molar-refractivity contribution in [2.45, 2.75) is 50.9 Å². The zero-order chi connectivity index (χ0) is 14.7. The van der Waals surface area contributed by atoms with E-state index in [2.05, 4.69) is 0 Å². The first-order valence-corrected chi connectivity index (χ1v) is 7.89. The van der Waals surface area contributed by atoms with E-state index in [9.17, 15) is 9.90 Å². The van der Waals surface area contributed by atoms with Crippen LogP contribution < -0.4 is 0 Å². The molecule has 3 rings (SSSR count). The monoisotopic (exact) mass is 289 g/mol. The maximum Gasteiger partial charge on any atom is 0.410 e. The molecule has 21 heavy (non-hydrogen) atoms. The van der Waals surface area contributed by atoms with Gasteiger partial charge in [0.1, 0.15) is 6.61 Å². The molecule has 1 saturated heterocycles. The predicted molar refractivity (Wildman–Crippen MR) is 79.7 cm³/mol. The summed E-state index contributed by atoms with van der Waals surface area (Å²) in [5.74, 6) is 0.534. The molecule has 114 valence electrons. The van der Waals surface area contributed by atoms with Gasteiger partial charge in [-0.3, -0.25) is 0 Å². The summed E-state index contributed by atoms with van der Waals surface area (Å²) in [4.78, 5) is 14.2. The summed E-state index contributed by atoms with van der Waals surface area (Å²) >= 11 is 0. The van der Waals surface area contributed by atoms with Crippen molar-refractivity contribution < 1.29 is 14.6 Å². The van der Waals surface area contributed by atoms with Crippen molar-refractivity contribution in [2.75, 3.05) is 6.54 Å². The number of ether oxygens (including phenoxy) is 1. The number of hydrogen-bond acceptors (Lipinski definition) is 3. The van der Waals surface area contributed by atoms with Gasteiger partial charge in [-0.25, -0.2) is 4.79 Å². The van der Waals surface area contributed by atoms with Crippen molar-refractivity contribution in [1.82, 2.24) is 4.90 Å². The van der Waals surface area contributed by atoms with Gasteiger partial charge < -0.3 is 14.7 Å². The van der Waals surface area contributed by atoms with Gasteiger partial charge in [-0.15, -0.1) is 0 Å². The minimum absolute atomic E-state index is 0.158. The molecule has 1 aromatic rings. The summed E-state index contributed by atoms with van der Waals surface area (Å²) in [6.45, 7) is 1.07. The molecule has 4 nitrogen and oxygen atoms in total. The molecule has 4 heteroatoms. The van der Waals surface area contributed by atoms with E-state index in [1.54, 1.807) is 0 Å². The quantitative estimate of drug-likeness (QED) is 0.910. The molecule has 1 saturated carbocycles. The number of fused-ring (bicyclic) bond motifs is 1. The Labute approximate surface area is 125 Å². The normalized spacial score (nSPS) is 28.8. The Morgan fingerprint density at radius 2 is 2.05 bits per heavy atom. The SMILES string of the molecule is O=C(OCc1ccccc1)N1CCC[C@@H]2CC[C@@H](O)C[C@H]21. The van der Waals surface area contributed by atoms with Gasteiger partial charge in [0, 0.05) is 12.6 Å². The molecule has 3 atom stereocenters. The molecule has 2 aliphatic rings. The van der Waals surface area contributed by atoms with E-state index in [1.807, 2.05) is 35.2 Å². The van der Waals surface area contributed by atoms with Gasteiger partial charge in [0.05, 0.1) is 6.10 Å². The first-order valence-electron chi connectivity index (χ1n) is 7.89. The van der Waals surface area contributed by atoms with Crippen LogP contribution in [0.15, 0.2) is 30.3 Å². The smallest absolute Gasteiger partial charge is 0.410 e. The van der Waals surface area contributed by atoms with E-state index in [0.717, 1.165) is 31.4 Å². The lowest BCUT2D eigenvalue weighted by Crippen LogP contribution is -2.52. The number of piperidine rings is 1. The van der Waals surface area contributed by atoms with Gasteiger partial charge in [0.2, 0.25) is 0 Å². The average molecular weight is 289 g/mol. The van der Waals surface area contributed by atoms with Gasteiger partial charge in [0.25, 0.3) is 0 Å². The molecule has 0 unspecified atom stereocenters. The highest BCUT2D eigenvalue weighted by molar-refractivity contribution is 5.68. The number of carbonyl (C=O) groups excluding carboxylic acids is 1. The third kappa shape index (κ3) is 3.38. The second kappa shape index (κ2) is 6.48. The van der Waals surface area contributed by atoms with Gasteiger partial charge >= 0.3 is 6.09 Å². The van der Waals surface area contributed by atoms with Crippen LogP contribution in [0.2, 0.25) is 0 Å². The summed E-state index contributed by atoms with van der Waals surface area (Å²) in [6.07, 6.45) is 4.29. The number of likely N-dealkylation sites (tertiary alicyclic amines) is 1. The molecule has 1 aliphatic carbocycles. The molecule has 0 aromatic heterocycles. The molecule has 1 amide bonds. The number of rotatable bonds is 2. The van der Waals surface area contributed by atoms with Crippen molar-refractivity contribution >= 4 is 6.09 Å². The lowest BCUT2D eigenvalue weighted by atomic mass is 9.77. The number of aliphatic hydroxyl groups excluding tert-OH is 1. The molecular weight excluding hydrogens is 266 g/mol. The molecule has 2 fully saturated rings. The summed E-state index contributed by atoms with van der Waals surface area (Å²) in [5.41, 5.74) is 1.00. The van der Waals surface area contributed by atoms with Crippen LogP contribution in [0.5, 0.6) is 0 Å². The summed E-state index contributed by atoms with van der Waals surface area (Å²) in [6, 6.07) is 9.90. The average Bonchev–Trinajstić information content (AvgIpc) is 2.53. The number of nitrogens with zero attached hydrogens (tertiary/aromatic N) is 1. The number of amides is 1. The maximum atomic E-state index is 12.4. The third-order valence-corrected chi connectivity index (χ3v) is 4.74. The van der Waals surface area contributed by atoms with Crippen LogP contribution in [0.4, 0.5) is 4.79 Å². The molecule has 1 N–H and O–H groups in total. The minimum Gasteiger partial charge on any atom is -0.445 e. The molecule has 1 aliphatic heterocycles. The van der Waals surface area contributed by atoms with Gasteiger partial charge in [-0.1, -0.05) is 30.3 Å². The van der Waals surface area contributed by atoms with Crippen LogP contribution in [0.3, 0.4) is 0 Å². The first kappa shape index (κ1) is 14.4. The number of hydrogen-bond donors (Lipinski definition) is 1. The molecule has 0 radical (unpaired) electrons. The maximum absolute atomic E-state index is 12.4. The van der Waals surface area contributed by atoms with E-state index in [4.69, 9.17) is 4.74 Å². The Morgan fingerprint density at radius 1 is 1.24 bits per heavy atom. The highest BCUT2D eigenvalue weighted by Gasteiger charge is 2.39. The van der Waals surface area contributed by atoms with Crippen molar-refractivity contribution in [3.8, 4) is 0 Å². The van der Waals surface area contributed by atoms with Gasteiger partial charge in [0.15, 0.2) is 0 Å². The highest BCUT2D eigenvalue weighted by Crippen LogP contribution is 2.35. The number of aliphatic hydroxyl groups is 1. The van der Waals surface area contributed by atoms with Gasteiger partial charge in [-0.2, -0.15) is 0 Å². The van der Waals surface area contributed by atoms with E-state index < -0.39 is 0 Å². The fourth-order valence-corrected chi connectivity index (χ4v) is 3.62. The predicted octanol–water partition coefficient (Wildman–Crippen LogP) is 2.95. The second-order valence-electron chi connectivity index (χ2n) is 6.17. The largest absolute Gasteiger partial charge is 0.445 e. The zero-order valence-electron chi connectivity index (χ0n) is 12.3. The van der Waals surface area contributed by atoms with Crippen molar-refractivity contribution in [1.29, 1.82) is 0 Å². The van der Waals surface area contributed by atoms with Crippen LogP contribution in [0.25, 0.3) is 0 Å². The Balaban J connectivity index is 1.60. The van der Waals surface area contributed by atoms with E-state index in [-0.39, 0.29) is 18.2 Å². The van der Waals surface area contributed by atoms with Crippen molar-refractivity contribution in [3.05, 3.63) is 35.9 Å². The number of benzene rings is 1. The topological polar surface area (TPSA) is 49.8 Å². The first-order chi connectivity index (χ1) is 10.2. The molecule has 1 heterocycles. The van der Waals surface area contributed by atoms with Crippen LogP contribution in [-0.4, -0.2) is 34.8 Å². The fraction of sp³-hybridized carbons (Fsp3) is 0.588. The molecule has 1 aromatic carbocycles. The van der Waals surface area contributed by atoms with Crippen LogP contribution in [0, 0.1) is 5.92 Å². The second-order valence-corrected chi connectivity index (χ2v) is 6.17. The summed E-state index contributed by atoms with van der Waals surface area (Å²) < 4.78 is 5.46. The lowest BCUT2D eigenvalue weighted by molar-refractivity contribution is -0.00237. The van der Waals surface area contributed by atoms with E-state index in [1.165, 1.54) is 6.42 Å². The van der Waals surface area contributed by atoms with Crippen LogP contribution >= 0.6 is 0 Å². The standard InChI is InChI=1S/C17H23NO3/c19-15-9-8-14-7-4-10-18(16(14)11-15)17(20)21-12-13-5-2-1-3-6-13/h1-3,5-6,14-16,19H,4,7-12H2/t14-,15-,16-/m1/s1. The minimum atomic E-state index is -0.270. The third-order valence-electron chi connectivity index (χ3n) is 4.74. The van der Waals surface area contributed by atoms with E-state index >= 15 is 0 Å². The summed E-state index contributed by atoms with van der Waals surface area (Å²) in [7, 11) is 0. The number of carbonyl (C=O) groups is 1. The zero-order valence-corrected chi connectivity index (χ0v) is 12.3. The Kier molecular flexibility index (Phi) is 4.44. The summed E-state index contributed by atoms with van der Waals surface area (Å²) in [5, 5.41) is 9.88. The highest BCUT2D eigenvalue weighted by atomic mass is 16.6. The molecular formula is C17H23NO3. The molecule has 0 bridgehead atoms.